The maximum absolute atomic E-state index is 11.2. The van der Waals surface area contributed by atoms with Crippen LogP contribution in [0.25, 0.3) is 0 Å². The molecule has 0 N–H and O–H groups in total. The van der Waals surface area contributed by atoms with Gasteiger partial charge in [-0.2, -0.15) is 0 Å². The summed E-state index contributed by atoms with van der Waals surface area (Å²) < 4.78 is 0. The number of hydrogen-bond acceptors (Lipinski definition) is 1. The normalized spacial score (nSPS) is 26.6. The molecular weight excluding hydrogens is 172 g/mol. The zero-order chi connectivity index (χ0) is 9.71. The second-order valence-electron chi connectivity index (χ2n) is 4.23. The van der Waals surface area contributed by atoms with Crippen LogP contribution in [-0.4, -0.2) is 5.78 Å². The maximum Gasteiger partial charge on any atom is 0.159 e. The minimum Gasteiger partial charge on any atom is -0.295 e. The van der Waals surface area contributed by atoms with Gasteiger partial charge in [-0.05, 0) is 30.5 Å². The average Bonchev–Trinajstić information content (AvgIpc) is 2.77. The van der Waals surface area contributed by atoms with Crippen LogP contribution >= 0.6 is 0 Å². The van der Waals surface area contributed by atoms with Gasteiger partial charge in [0.2, 0.25) is 0 Å². The third-order valence-corrected chi connectivity index (χ3v) is 3.38. The van der Waals surface area contributed by atoms with Gasteiger partial charge in [0.1, 0.15) is 0 Å². The number of allylic oxidation sites excluding steroid dienone is 2. The van der Waals surface area contributed by atoms with Gasteiger partial charge in [-0.3, -0.25) is 4.79 Å². The summed E-state index contributed by atoms with van der Waals surface area (Å²) >= 11 is 0. The lowest BCUT2D eigenvalue weighted by Crippen LogP contribution is -1.98. The average molecular weight is 184 g/mol. The molecule has 0 saturated carbocycles. The van der Waals surface area contributed by atoms with E-state index in [1.165, 1.54) is 17.5 Å². The molecule has 0 spiro atoms. The fraction of sp³-hybridized carbons (Fsp3) is 0.308. The van der Waals surface area contributed by atoms with Crippen molar-refractivity contribution in [3.63, 3.8) is 0 Å². The van der Waals surface area contributed by atoms with Gasteiger partial charge in [-0.15, -0.1) is 0 Å². The highest BCUT2D eigenvalue weighted by molar-refractivity contribution is 5.94. The first-order valence-corrected chi connectivity index (χ1v) is 5.09. The van der Waals surface area contributed by atoms with Crippen molar-refractivity contribution in [3.05, 3.63) is 47.0 Å². The van der Waals surface area contributed by atoms with Crippen LogP contribution in [0.2, 0.25) is 0 Å². The molecule has 0 fully saturated rings. The van der Waals surface area contributed by atoms with Crippen molar-refractivity contribution in [2.75, 3.05) is 0 Å². The Bertz CT molecular complexity index is 443. The van der Waals surface area contributed by atoms with Crippen molar-refractivity contribution < 1.29 is 4.79 Å². The SMILES string of the molecule is CC(=O)c1ccc2c(c1)[C@H]1C=C[C@H]2C1. The predicted molar refractivity (Wildman–Crippen MR) is 55.7 cm³/mol. The molecule has 0 radical (unpaired) electrons. The van der Waals surface area contributed by atoms with Crippen LogP contribution in [0.15, 0.2) is 30.4 Å². The third-order valence-electron chi connectivity index (χ3n) is 3.38. The first-order chi connectivity index (χ1) is 6.75. The van der Waals surface area contributed by atoms with Gasteiger partial charge < -0.3 is 0 Å². The largest absolute Gasteiger partial charge is 0.295 e. The van der Waals surface area contributed by atoms with E-state index >= 15 is 0 Å². The third kappa shape index (κ3) is 0.926. The van der Waals surface area contributed by atoms with E-state index in [-0.39, 0.29) is 5.78 Å². The van der Waals surface area contributed by atoms with Crippen molar-refractivity contribution >= 4 is 5.78 Å². The summed E-state index contributed by atoms with van der Waals surface area (Å²) in [6.45, 7) is 1.63. The standard InChI is InChI=1S/C13H12O/c1-8(14)9-4-5-12-10-2-3-11(6-10)13(12)7-9/h2-5,7,10-11H,6H2,1H3/t10-,11-/m0/s1. The molecule has 2 aliphatic rings. The summed E-state index contributed by atoms with van der Waals surface area (Å²) in [5.41, 5.74) is 3.66. The first kappa shape index (κ1) is 7.98. The molecule has 0 saturated heterocycles. The monoisotopic (exact) mass is 184 g/mol. The molecule has 14 heavy (non-hydrogen) atoms. The van der Waals surface area contributed by atoms with Crippen LogP contribution in [0.4, 0.5) is 0 Å². The Morgan fingerprint density at radius 1 is 1.21 bits per heavy atom. The zero-order valence-corrected chi connectivity index (χ0v) is 8.16. The second-order valence-corrected chi connectivity index (χ2v) is 4.23. The summed E-state index contributed by atoms with van der Waals surface area (Å²) in [5, 5.41) is 0. The van der Waals surface area contributed by atoms with E-state index in [1.54, 1.807) is 6.92 Å². The highest BCUT2D eigenvalue weighted by atomic mass is 16.1. The zero-order valence-electron chi connectivity index (χ0n) is 8.16. The molecule has 3 rings (SSSR count). The fourth-order valence-corrected chi connectivity index (χ4v) is 2.61. The fourth-order valence-electron chi connectivity index (χ4n) is 2.61. The number of carbonyl (C=O) groups excluding carboxylic acids is 1. The van der Waals surface area contributed by atoms with E-state index < -0.39 is 0 Å². The Morgan fingerprint density at radius 2 is 1.93 bits per heavy atom. The van der Waals surface area contributed by atoms with E-state index in [4.69, 9.17) is 0 Å². The Labute approximate surface area is 83.4 Å². The number of carbonyl (C=O) groups is 1. The van der Waals surface area contributed by atoms with Crippen molar-refractivity contribution in [1.29, 1.82) is 0 Å². The summed E-state index contributed by atoms with van der Waals surface area (Å²) in [6.07, 6.45) is 5.79. The second kappa shape index (κ2) is 2.57. The molecular formula is C13H12O. The molecule has 0 heterocycles. The van der Waals surface area contributed by atoms with E-state index in [0.717, 1.165) is 5.56 Å². The maximum atomic E-state index is 11.2. The van der Waals surface area contributed by atoms with Gasteiger partial charge in [-0.1, -0.05) is 24.3 Å². The highest BCUT2D eigenvalue weighted by Gasteiger charge is 2.32. The Morgan fingerprint density at radius 3 is 2.64 bits per heavy atom. The van der Waals surface area contributed by atoms with Crippen molar-refractivity contribution in [2.45, 2.75) is 25.2 Å². The molecule has 1 heteroatoms. The van der Waals surface area contributed by atoms with Crippen LogP contribution in [0.5, 0.6) is 0 Å². The topological polar surface area (TPSA) is 17.1 Å². The minimum atomic E-state index is 0.166. The lowest BCUT2D eigenvalue weighted by molar-refractivity contribution is 0.101. The van der Waals surface area contributed by atoms with Gasteiger partial charge >= 0.3 is 0 Å². The van der Waals surface area contributed by atoms with Crippen molar-refractivity contribution in [1.82, 2.24) is 0 Å². The van der Waals surface area contributed by atoms with E-state index in [2.05, 4.69) is 24.3 Å². The van der Waals surface area contributed by atoms with Gasteiger partial charge in [-0.25, -0.2) is 0 Å². The lowest BCUT2D eigenvalue weighted by Gasteiger charge is -2.10. The molecule has 70 valence electrons. The molecule has 2 aliphatic carbocycles. The molecule has 1 nitrogen and oxygen atoms in total. The van der Waals surface area contributed by atoms with Crippen molar-refractivity contribution in [2.24, 2.45) is 0 Å². The molecule has 2 bridgehead atoms. The van der Waals surface area contributed by atoms with Crippen LogP contribution in [-0.2, 0) is 0 Å². The number of ketones is 1. The molecule has 1 aromatic rings. The van der Waals surface area contributed by atoms with Gasteiger partial charge in [0.15, 0.2) is 5.78 Å². The van der Waals surface area contributed by atoms with E-state index in [0.29, 0.717) is 11.8 Å². The Kier molecular flexibility index (Phi) is 1.46. The van der Waals surface area contributed by atoms with Crippen LogP contribution < -0.4 is 0 Å². The number of rotatable bonds is 1. The van der Waals surface area contributed by atoms with Gasteiger partial charge in [0.25, 0.3) is 0 Å². The molecule has 0 aromatic heterocycles. The van der Waals surface area contributed by atoms with Gasteiger partial charge in [0.05, 0.1) is 0 Å². The van der Waals surface area contributed by atoms with Gasteiger partial charge in [0, 0.05) is 17.4 Å². The van der Waals surface area contributed by atoms with E-state index in [1.807, 2.05) is 6.07 Å². The van der Waals surface area contributed by atoms with Crippen molar-refractivity contribution in [3.8, 4) is 0 Å². The summed E-state index contributed by atoms with van der Waals surface area (Å²) in [4.78, 5) is 11.2. The number of hydrogen-bond donors (Lipinski definition) is 0. The Hall–Kier alpha value is -1.37. The molecule has 0 aliphatic heterocycles. The Balaban J connectivity index is 2.15. The van der Waals surface area contributed by atoms with Crippen LogP contribution in [0.3, 0.4) is 0 Å². The summed E-state index contributed by atoms with van der Waals surface area (Å²) in [6, 6.07) is 6.15. The van der Waals surface area contributed by atoms with Crippen LogP contribution in [0.1, 0.15) is 46.7 Å². The number of fused-ring (bicyclic) bond motifs is 5. The summed E-state index contributed by atoms with van der Waals surface area (Å²) in [5.74, 6) is 1.37. The molecule has 0 unspecified atom stereocenters. The first-order valence-electron chi connectivity index (χ1n) is 5.09. The minimum absolute atomic E-state index is 0.166. The van der Waals surface area contributed by atoms with E-state index in [9.17, 15) is 4.79 Å². The molecule has 0 amide bonds. The number of Topliss-reactive ketones (excluding diaryl/α,β-unsaturated/α-hetero) is 1. The highest BCUT2D eigenvalue weighted by Crippen LogP contribution is 2.48. The quantitative estimate of drug-likeness (QED) is 0.484. The number of benzene rings is 1. The molecule has 1 aromatic carbocycles. The summed E-state index contributed by atoms with van der Waals surface area (Å²) in [7, 11) is 0. The lowest BCUT2D eigenvalue weighted by atomic mass is 9.94. The molecule has 2 atom stereocenters. The smallest absolute Gasteiger partial charge is 0.159 e. The predicted octanol–water partition coefficient (Wildman–Crippen LogP) is 3.03. The van der Waals surface area contributed by atoms with Crippen LogP contribution in [0, 0.1) is 0 Å².